The molecule has 7 heteroatoms. The van der Waals surface area contributed by atoms with E-state index in [4.69, 9.17) is 0 Å². The van der Waals surface area contributed by atoms with Crippen LogP contribution in [0.4, 0.5) is 0 Å². The number of aryl methyl sites for hydroxylation is 2. The first kappa shape index (κ1) is 27.7. The predicted octanol–water partition coefficient (Wildman–Crippen LogP) is 6.12. The summed E-state index contributed by atoms with van der Waals surface area (Å²) in [4.78, 5) is 27.5. The Labute approximate surface area is 234 Å². The third-order valence-electron chi connectivity index (χ3n) is 8.07. The Balaban J connectivity index is 1.43. The molecule has 3 heterocycles. The SMILES string of the molecule is CCS(=O)c1cccc(-c2cc(C(=O)CCCCCN3CCN(C)CC3)c(C)c3[nH]c4ncc(C)cc4c23)c1. The Bertz CT molecular complexity index is 1520. The summed E-state index contributed by atoms with van der Waals surface area (Å²) in [6, 6.07) is 12.2. The molecule has 0 bridgehead atoms. The standard InChI is InChI=1S/C32H40N4O2S/c1-5-39(38)25-11-9-10-24(19-25)27-20-26(23(3)31-30(27)28-18-22(2)21-33-32(28)34-31)29(37)12-7-6-8-13-36-16-14-35(4)15-17-36/h9-11,18-21H,5-8,12-17H2,1-4H3,(H,33,34). The van der Waals surface area contributed by atoms with Crippen LogP contribution < -0.4 is 0 Å². The molecule has 2 aromatic carbocycles. The number of unbranched alkanes of at least 4 members (excludes halogenated alkanes) is 2. The summed E-state index contributed by atoms with van der Waals surface area (Å²) in [5, 5.41) is 2.12. The Morgan fingerprint density at radius 2 is 1.85 bits per heavy atom. The monoisotopic (exact) mass is 544 g/mol. The van der Waals surface area contributed by atoms with Gasteiger partial charge in [0.15, 0.2) is 5.78 Å². The Morgan fingerprint density at radius 3 is 2.62 bits per heavy atom. The van der Waals surface area contributed by atoms with Gasteiger partial charge in [-0.2, -0.15) is 0 Å². The average Bonchev–Trinajstić information content (AvgIpc) is 3.33. The zero-order chi connectivity index (χ0) is 27.5. The van der Waals surface area contributed by atoms with Gasteiger partial charge in [0.25, 0.3) is 0 Å². The molecule has 1 aliphatic heterocycles. The summed E-state index contributed by atoms with van der Waals surface area (Å²) < 4.78 is 12.6. The first-order valence-corrected chi connectivity index (χ1v) is 15.5. The fraction of sp³-hybridized carbons (Fsp3) is 0.438. The number of aromatic nitrogens is 2. The lowest BCUT2D eigenvalue weighted by molar-refractivity contribution is 0.0977. The Kier molecular flexibility index (Phi) is 8.60. The van der Waals surface area contributed by atoms with Gasteiger partial charge in [-0.1, -0.05) is 25.5 Å². The number of aromatic amines is 1. The van der Waals surface area contributed by atoms with E-state index < -0.39 is 10.8 Å². The van der Waals surface area contributed by atoms with E-state index in [9.17, 15) is 9.00 Å². The van der Waals surface area contributed by atoms with Gasteiger partial charge in [0.2, 0.25) is 0 Å². The minimum Gasteiger partial charge on any atom is -0.339 e. The van der Waals surface area contributed by atoms with Gasteiger partial charge in [-0.25, -0.2) is 4.98 Å². The molecule has 0 saturated carbocycles. The maximum absolute atomic E-state index is 13.6. The van der Waals surface area contributed by atoms with E-state index in [-0.39, 0.29) is 5.78 Å². The second-order valence-corrected chi connectivity index (χ2v) is 12.7. The van der Waals surface area contributed by atoms with Crippen molar-refractivity contribution in [3.63, 3.8) is 0 Å². The van der Waals surface area contributed by atoms with E-state index >= 15 is 0 Å². The van der Waals surface area contributed by atoms with Crippen molar-refractivity contribution in [2.45, 2.75) is 51.3 Å². The number of nitrogens with one attached hydrogen (secondary N) is 1. The molecule has 0 radical (unpaired) electrons. The number of pyridine rings is 1. The maximum Gasteiger partial charge on any atom is 0.163 e. The third-order valence-corrected chi connectivity index (χ3v) is 9.37. The average molecular weight is 545 g/mol. The summed E-state index contributed by atoms with van der Waals surface area (Å²) in [6.07, 6.45) is 5.51. The molecule has 4 aromatic rings. The van der Waals surface area contributed by atoms with Crippen molar-refractivity contribution in [3.05, 3.63) is 59.3 Å². The van der Waals surface area contributed by atoms with Crippen molar-refractivity contribution in [3.8, 4) is 11.1 Å². The van der Waals surface area contributed by atoms with Crippen LogP contribution in [0.25, 0.3) is 33.1 Å². The number of likely N-dealkylation sites (N-methyl/N-ethyl adjacent to an activating group) is 1. The molecule has 1 N–H and O–H groups in total. The summed E-state index contributed by atoms with van der Waals surface area (Å²) >= 11 is 0. The van der Waals surface area contributed by atoms with Crippen LogP contribution in [-0.4, -0.2) is 75.3 Å². The minimum absolute atomic E-state index is 0.186. The van der Waals surface area contributed by atoms with Crippen LogP contribution in [0.3, 0.4) is 0 Å². The van der Waals surface area contributed by atoms with Gasteiger partial charge >= 0.3 is 0 Å². The summed E-state index contributed by atoms with van der Waals surface area (Å²) in [5.41, 5.74) is 6.57. The molecule has 6 nitrogen and oxygen atoms in total. The van der Waals surface area contributed by atoms with E-state index in [0.29, 0.717) is 12.2 Å². The van der Waals surface area contributed by atoms with Crippen LogP contribution in [0.15, 0.2) is 47.5 Å². The normalized spacial score (nSPS) is 15.8. The number of H-pyrrole nitrogens is 1. The number of carbonyl (C=O) groups is 1. The largest absolute Gasteiger partial charge is 0.339 e. The number of Topliss-reactive ketones (excluding diaryl/α,β-unsaturated/α-hetero) is 1. The molecule has 1 saturated heterocycles. The van der Waals surface area contributed by atoms with Gasteiger partial charge in [0.05, 0.1) is 16.3 Å². The molecule has 0 amide bonds. The quantitative estimate of drug-likeness (QED) is 0.192. The lowest BCUT2D eigenvalue weighted by Gasteiger charge is -2.32. The molecule has 39 heavy (non-hydrogen) atoms. The van der Waals surface area contributed by atoms with Gasteiger partial charge in [0.1, 0.15) is 5.65 Å². The highest BCUT2D eigenvalue weighted by molar-refractivity contribution is 7.85. The minimum atomic E-state index is -1.05. The number of fused-ring (bicyclic) bond motifs is 3. The lowest BCUT2D eigenvalue weighted by atomic mass is 9.91. The topological polar surface area (TPSA) is 69.3 Å². The van der Waals surface area contributed by atoms with Crippen LogP contribution in [-0.2, 0) is 10.8 Å². The van der Waals surface area contributed by atoms with Crippen LogP contribution in [0.5, 0.6) is 0 Å². The molecule has 0 spiro atoms. The molecule has 5 rings (SSSR count). The maximum atomic E-state index is 13.6. The molecule has 2 aromatic heterocycles. The second-order valence-electron chi connectivity index (χ2n) is 10.9. The molecule has 1 unspecified atom stereocenters. The van der Waals surface area contributed by atoms with Crippen LogP contribution in [0.1, 0.15) is 54.1 Å². The number of rotatable bonds is 10. The van der Waals surface area contributed by atoms with E-state index in [1.165, 1.54) is 0 Å². The van der Waals surface area contributed by atoms with Crippen molar-refractivity contribution < 1.29 is 9.00 Å². The van der Waals surface area contributed by atoms with Crippen LogP contribution in [0.2, 0.25) is 0 Å². The second kappa shape index (κ2) is 12.1. The third kappa shape index (κ3) is 6.01. The van der Waals surface area contributed by atoms with E-state index in [0.717, 1.165) is 107 Å². The highest BCUT2D eigenvalue weighted by Gasteiger charge is 2.20. The van der Waals surface area contributed by atoms with E-state index in [2.05, 4.69) is 45.0 Å². The number of nitrogens with zero attached hydrogens (tertiary/aromatic N) is 3. The fourth-order valence-corrected chi connectivity index (χ4v) is 6.51. The zero-order valence-corrected chi connectivity index (χ0v) is 24.5. The number of carbonyl (C=O) groups excluding carboxylic acids is 1. The first-order chi connectivity index (χ1) is 18.9. The highest BCUT2D eigenvalue weighted by atomic mass is 32.2. The molecule has 1 aliphatic rings. The van der Waals surface area contributed by atoms with Gasteiger partial charge < -0.3 is 14.8 Å². The lowest BCUT2D eigenvalue weighted by Crippen LogP contribution is -2.44. The van der Waals surface area contributed by atoms with Crippen molar-refractivity contribution >= 4 is 38.5 Å². The number of hydrogen-bond donors (Lipinski definition) is 1. The Hall–Kier alpha value is -2.87. The van der Waals surface area contributed by atoms with Gasteiger partial charge in [0, 0.05) is 65.8 Å². The van der Waals surface area contributed by atoms with Gasteiger partial charge in [-0.15, -0.1) is 0 Å². The number of piperazine rings is 1. The number of ketones is 1. The number of hydrogen-bond acceptors (Lipinski definition) is 5. The highest BCUT2D eigenvalue weighted by Crippen LogP contribution is 2.38. The smallest absolute Gasteiger partial charge is 0.163 e. The molecule has 0 aliphatic carbocycles. The van der Waals surface area contributed by atoms with Crippen molar-refractivity contribution in [2.24, 2.45) is 0 Å². The zero-order valence-electron chi connectivity index (χ0n) is 23.7. The summed E-state index contributed by atoms with van der Waals surface area (Å²) in [7, 11) is 1.13. The molecular formula is C32H40N4O2S. The molecular weight excluding hydrogens is 504 g/mol. The van der Waals surface area contributed by atoms with Crippen LogP contribution >= 0.6 is 0 Å². The number of benzene rings is 2. The van der Waals surface area contributed by atoms with Gasteiger partial charge in [-0.3, -0.25) is 9.00 Å². The summed E-state index contributed by atoms with van der Waals surface area (Å²) in [5.74, 6) is 0.757. The molecule has 1 atom stereocenters. The van der Waals surface area contributed by atoms with Crippen LogP contribution in [0, 0.1) is 13.8 Å². The van der Waals surface area contributed by atoms with Gasteiger partial charge in [-0.05, 0) is 86.8 Å². The summed E-state index contributed by atoms with van der Waals surface area (Å²) in [6.45, 7) is 11.7. The van der Waals surface area contributed by atoms with E-state index in [1.54, 1.807) is 0 Å². The first-order valence-electron chi connectivity index (χ1n) is 14.2. The fourth-order valence-electron chi connectivity index (χ4n) is 5.69. The Morgan fingerprint density at radius 1 is 1.05 bits per heavy atom. The molecule has 206 valence electrons. The van der Waals surface area contributed by atoms with Crippen molar-refractivity contribution in [2.75, 3.05) is 45.5 Å². The van der Waals surface area contributed by atoms with Crippen molar-refractivity contribution in [1.82, 2.24) is 19.8 Å². The van der Waals surface area contributed by atoms with E-state index in [1.807, 2.05) is 45.2 Å². The molecule has 1 fully saturated rings. The predicted molar refractivity (Wildman–Crippen MR) is 162 cm³/mol. The van der Waals surface area contributed by atoms with Crippen molar-refractivity contribution in [1.29, 1.82) is 0 Å².